The Bertz CT molecular complexity index is 493. The molecule has 0 spiro atoms. The normalized spacial score (nSPS) is 18.0. The lowest BCUT2D eigenvalue weighted by atomic mass is 10.1. The van der Waals surface area contributed by atoms with E-state index in [0.717, 1.165) is 48.1 Å². The number of rotatable bonds is 6. The minimum Gasteiger partial charge on any atom is -0.496 e. The molecule has 0 aliphatic carbocycles. The first-order chi connectivity index (χ1) is 10.2. The molecule has 1 aromatic rings. The van der Waals surface area contributed by atoms with Gasteiger partial charge in [-0.3, -0.25) is 4.79 Å². The molecule has 1 fully saturated rings. The van der Waals surface area contributed by atoms with E-state index in [2.05, 4.69) is 21.2 Å². The Balaban J connectivity index is 1.90. The number of nitrogens with zero attached hydrogens (tertiary/aromatic N) is 1. The third-order valence-corrected chi connectivity index (χ3v) is 4.60. The molecule has 1 N–H and O–H groups in total. The second kappa shape index (κ2) is 7.80. The third kappa shape index (κ3) is 4.20. The minimum atomic E-state index is 0.264. The monoisotopic (exact) mass is 354 g/mol. The second-order valence-corrected chi connectivity index (χ2v) is 6.26. The number of carbonyl (C=O) groups is 1. The number of aryl methyl sites for hydroxylation is 1. The highest BCUT2D eigenvalue weighted by Crippen LogP contribution is 2.26. The Morgan fingerprint density at radius 1 is 1.52 bits per heavy atom. The van der Waals surface area contributed by atoms with Crippen molar-refractivity contribution in [3.05, 3.63) is 28.2 Å². The fourth-order valence-corrected chi connectivity index (χ4v) is 3.46. The van der Waals surface area contributed by atoms with Gasteiger partial charge in [0.15, 0.2) is 0 Å². The van der Waals surface area contributed by atoms with E-state index >= 15 is 0 Å². The van der Waals surface area contributed by atoms with Gasteiger partial charge in [-0.05, 0) is 59.9 Å². The summed E-state index contributed by atoms with van der Waals surface area (Å²) in [4.78, 5) is 14.4. The number of benzene rings is 1. The maximum Gasteiger partial charge on any atom is 0.223 e. The molecular weight excluding hydrogens is 332 g/mol. The molecule has 1 amide bonds. The van der Waals surface area contributed by atoms with Crippen LogP contribution in [0.2, 0.25) is 0 Å². The summed E-state index contributed by atoms with van der Waals surface area (Å²) in [6, 6.07) is 6.35. The van der Waals surface area contributed by atoms with Gasteiger partial charge in [-0.1, -0.05) is 6.07 Å². The third-order valence-electron chi connectivity index (χ3n) is 3.98. The molecule has 0 saturated carbocycles. The first kappa shape index (κ1) is 16.3. The molecule has 1 aliphatic rings. The van der Waals surface area contributed by atoms with Crippen LogP contribution in [-0.2, 0) is 11.2 Å². The van der Waals surface area contributed by atoms with E-state index in [-0.39, 0.29) is 5.91 Å². The van der Waals surface area contributed by atoms with Crippen LogP contribution >= 0.6 is 15.9 Å². The van der Waals surface area contributed by atoms with Gasteiger partial charge in [-0.15, -0.1) is 0 Å². The molecule has 1 atom stereocenters. The van der Waals surface area contributed by atoms with Gasteiger partial charge in [0.05, 0.1) is 11.6 Å². The number of hydrogen-bond donors (Lipinski definition) is 1. The first-order valence-corrected chi connectivity index (χ1v) is 8.21. The van der Waals surface area contributed by atoms with Crippen molar-refractivity contribution in [2.75, 3.05) is 27.2 Å². The van der Waals surface area contributed by atoms with Crippen molar-refractivity contribution in [3.63, 3.8) is 0 Å². The molecule has 4 nitrogen and oxygen atoms in total. The number of hydrogen-bond acceptors (Lipinski definition) is 3. The Kier molecular flexibility index (Phi) is 6.06. The van der Waals surface area contributed by atoms with Crippen molar-refractivity contribution in [1.82, 2.24) is 10.2 Å². The average molecular weight is 355 g/mol. The standard InChI is InChI=1S/C16H23BrN2O2/c1-18-11-13-4-3-9-19(13)16(20)8-6-12-5-7-15(21-2)14(17)10-12/h5,7,10,13,18H,3-4,6,8-9,11H2,1-2H3. The number of methoxy groups -OCH3 is 1. The zero-order valence-electron chi connectivity index (χ0n) is 12.7. The number of amides is 1. The lowest BCUT2D eigenvalue weighted by Gasteiger charge is -2.24. The van der Waals surface area contributed by atoms with Crippen molar-refractivity contribution in [1.29, 1.82) is 0 Å². The van der Waals surface area contributed by atoms with Crippen LogP contribution in [-0.4, -0.2) is 44.1 Å². The van der Waals surface area contributed by atoms with E-state index in [9.17, 15) is 4.79 Å². The topological polar surface area (TPSA) is 41.6 Å². The van der Waals surface area contributed by atoms with Crippen molar-refractivity contribution in [2.24, 2.45) is 0 Å². The van der Waals surface area contributed by atoms with Crippen molar-refractivity contribution < 1.29 is 9.53 Å². The van der Waals surface area contributed by atoms with Crippen LogP contribution in [0.5, 0.6) is 5.75 Å². The zero-order valence-corrected chi connectivity index (χ0v) is 14.3. The van der Waals surface area contributed by atoms with Crippen LogP contribution in [0.4, 0.5) is 0 Å². The highest BCUT2D eigenvalue weighted by molar-refractivity contribution is 9.10. The smallest absolute Gasteiger partial charge is 0.223 e. The molecule has 1 aromatic carbocycles. The summed E-state index contributed by atoms with van der Waals surface area (Å²) < 4.78 is 6.15. The zero-order chi connectivity index (χ0) is 15.2. The number of likely N-dealkylation sites (tertiary alicyclic amines) is 1. The maximum absolute atomic E-state index is 12.4. The van der Waals surface area contributed by atoms with E-state index < -0.39 is 0 Å². The Morgan fingerprint density at radius 3 is 3.00 bits per heavy atom. The van der Waals surface area contributed by atoms with Crippen LogP contribution in [0.1, 0.15) is 24.8 Å². The number of ether oxygens (including phenoxy) is 1. The summed E-state index contributed by atoms with van der Waals surface area (Å²) in [5.74, 6) is 1.08. The predicted molar refractivity (Wildman–Crippen MR) is 87.7 cm³/mol. The molecule has 2 rings (SSSR count). The van der Waals surface area contributed by atoms with Gasteiger partial charge in [0.25, 0.3) is 0 Å². The summed E-state index contributed by atoms with van der Waals surface area (Å²) >= 11 is 3.48. The molecule has 0 radical (unpaired) electrons. The SMILES string of the molecule is CNCC1CCCN1C(=O)CCc1ccc(OC)c(Br)c1. The van der Waals surface area contributed by atoms with E-state index in [0.29, 0.717) is 12.5 Å². The molecule has 21 heavy (non-hydrogen) atoms. The van der Waals surface area contributed by atoms with E-state index in [4.69, 9.17) is 4.74 Å². The Hall–Kier alpha value is -1.07. The minimum absolute atomic E-state index is 0.264. The molecule has 1 aliphatic heterocycles. The van der Waals surface area contributed by atoms with Gasteiger partial charge < -0.3 is 15.0 Å². The van der Waals surface area contributed by atoms with Gasteiger partial charge in [-0.25, -0.2) is 0 Å². The molecule has 1 saturated heterocycles. The Morgan fingerprint density at radius 2 is 2.33 bits per heavy atom. The second-order valence-electron chi connectivity index (χ2n) is 5.41. The van der Waals surface area contributed by atoms with Crippen LogP contribution in [0.3, 0.4) is 0 Å². The maximum atomic E-state index is 12.4. The molecule has 0 aromatic heterocycles. The predicted octanol–water partition coefficient (Wildman–Crippen LogP) is 2.60. The lowest BCUT2D eigenvalue weighted by Crippen LogP contribution is -2.40. The van der Waals surface area contributed by atoms with Gasteiger partial charge >= 0.3 is 0 Å². The van der Waals surface area contributed by atoms with Crippen LogP contribution in [0.15, 0.2) is 22.7 Å². The van der Waals surface area contributed by atoms with Gasteiger partial charge in [0, 0.05) is 25.6 Å². The quantitative estimate of drug-likeness (QED) is 0.853. The van der Waals surface area contributed by atoms with E-state index in [1.165, 1.54) is 0 Å². The number of nitrogens with one attached hydrogen (secondary N) is 1. The van der Waals surface area contributed by atoms with Crippen LogP contribution in [0, 0.1) is 0 Å². The highest BCUT2D eigenvalue weighted by atomic mass is 79.9. The summed E-state index contributed by atoms with van der Waals surface area (Å²) in [5, 5.41) is 3.17. The molecule has 5 heteroatoms. The van der Waals surface area contributed by atoms with E-state index in [1.807, 2.05) is 30.1 Å². The highest BCUT2D eigenvalue weighted by Gasteiger charge is 2.27. The van der Waals surface area contributed by atoms with Crippen molar-refractivity contribution >= 4 is 21.8 Å². The molecule has 1 heterocycles. The summed E-state index contributed by atoms with van der Waals surface area (Å²) in [7, 11) is 3.59. The summed E-state index contributed by atoms with van der Waals surface area (Å²) in [5.41, 5.74) is 1.15. The van der Waals surface area contributed by atoms with Crippen LogP contribution in [0.25, 0.3) is 0 Å². The summed E-state index contributed by atoms with van der Waals surface area (Å²) in [6.45, 7) is 1.79. The van der Waals surface area contributed by atoms with Gasteiger partial charge in [0.2, 0.25) is 5.91 Å². The lowest BCUT2D eigenvalue weighted by molar-refractivity contribution is -0.131. The van der Waals surface area contributed by atoms with Crippen LogP contribution < -0.4 is 10.1 Å². The Labute approximate surface area is 135 Å². The number of halogens is 1. The van der Waals surface area contributed by atoms with Gasteiger partial charge in [0.1, 0.15) is 5.75 Å². The summed E-state index contributed by atoms with van der Waals surface area (Å²) in [6.07, 6.45) is 3.57. The van der Waals surface area contributed by atoms with Crippen molar-refractivity contribution in [2.45, 2.75) is 31.7 Å². The molecule has 1 unspecified atom stereocenters. The fraction of sp³-hybridized carbons (Fsp3) is 0.562. The van der Waals surface area contributed by atoms with Gasteiger partial charge in [-0.2, -0.15) is 0 Å². The molecule has 0 bridgehead atoms. The fourth-order valence-electron chi connectivity index (χ4n) is 2.87. The largest absolute Gasteiger partial charge is 0.496 e. The molecule has 116 valence electrons. The number of carbonyl (C=O) groups excluding carboxylic acids is 1. The first-order valence-electron chi connectivity index (χ1n) is 7.42. The molecular formula is C16H23BrN2O2. The average Bonchev–Trinajstić information content (AvgIpc) is 2.93. The van der Waals surface area contributed by atoms with Crippen molar-refractivity contribution in [3.8, 4) is 5.75 Å². The van der Waals surface area contributed by atoms with E-state index in [1.54, 1.807) is 7.11 Å². The number of likely N-dealkylation sites (N-methyl/N-ethyl adjacent to an activating group) is 1.